The SMILES string of the molecule is CCc1noc(-c2cnc(C)nc2N2CCCC(C(=O)NCc3ccco3)C2)n1. The summed E-state index contributed by atoms with van der Waals surface area (Å²) in [6.07, 6.45) is 5.73. The van der Waals surface area contributed by atoms with Crippen LogP contribution in [0.15, 0.2) is 33.5 Å². The zero-order chi connectivity index (χ0) is 20.2. The van der Waals surface area contributed by atoms with Crippen molar-refractivity contribution in [2.24, 2.45) is 5.92 Å². The first kappa shape index (κ1) is 19.1. The van der Waals surface area contributed by atoms with Gasteiger partial charge in [0.15, 0.2) is 5.82 Å². The second-order valence-corrected chi connectivity index (χ2v) is 7.11. The summed E-state index contributed by atoms with van der Waals surface area (Å²) in [5.74, 6) is 3.06. The highest BCUT2D eigenvalue weighted by Gasteiger charge is 2.29. The summed E-state index contributed by atoms with van der Waals surface area (Å²) in [5.41, 5.74) is 0.694. The first-order valence-corrected chi connectivity index (χ1v) is 9.85. The molecule has 4 rings (SSSR count). The molecule has 0 saturated carbocycles. The number of hydrogen-bond acceptors (Lipinski definition) is 8. The molecule has 1 aliphatic heterocycles. The average molecular weight is 396 g/mol. The summed E-state index contributed by atoms with van der Waals surface area (Å²) in [7, 11) is 0. The molecule has 0 radical (unpaired) electrons. The molecule has 0 bridgehead atoms. The van der Waals surface area contributed by atoms with Gasteiger partial charge in [0.1, 0.15) is 23.0 Å². The fraction of sp³-hybridized carbons (Fsp3) is 0.450. The Bertz CT molecular complexity index is 969. The van der Waals surface area contributed by atoms with Gasteiger partial charge in [-0.05, 0) is 31.9 Å². The van der Waals surface area contributed by atoms with Crippen molar-refractivity contribution < 1.29 is 13.7 Å². The van der Waals surface area contributed by atoms with Gasteiger partial charge in [0, 0.05) is 25.7 Å². The van der Waals surface area contributed by atoms with Gasteiger partial charge in [0.2, 0.25) is 5.91 Å². The van der Waals surface area contributed by atoms with Crippen LogP contribution in [0.4, 0.5) is 5.82 Å². The number of rotatable bonds is 6. The van der Waals surface area contributed by atoms with Crippen LogP contribution in [-0.4, -0.2) is 39.1 Å². The molecule has 9 heteroatoms. The summed E-state index contributed by atoms with van der Waals surface area (Å²) in [6, 6.07) is 3.66. The van der Waals surface area contributed by atoms with Crippen molar-refractivity contribution >= 4 is 11.7 Å². The van der Waals surface area contributed by atoms with E-state index in [-0.39, 0.29) is 11.8 Å². The number of carbonyl (C=O) groups excluding carboxylic acids is 1. The second kappa shape index (κ2) is 8.42. The molecule has 1 aliphatic rings. The highest BCUT2D eigenvalue weighted by atomic mass is 16.5. The van der Waals surface area contributed by atoms with E-state index < -0.39 is 0 Å². The summed E-state index contributed by atoms with van der Waals surface area (Å²) < 4.78 is 10.7. The molecule has 4 heterocycles. The molecule has 0 spiro atoms. The predicted octanol–water partition coefficient (Wildman–Crippen LogP) is 2.52. The van der Waals surface area contributed by atoms with E-state index in [0.717, 1.165) is 31.0 Å². The van der Waals surface area contributed by atoms with Crippen LogP contribution in [0.2, 0.25) is 0 Å². The van der Waals surface area contributed by atoms with Crippen molar-refractivity contribution in [1.82, 2.24) is 25.4 Å². The maximum atomic E-state index is 12.7. The van der Waals surface area contributed by atoms with E-state index in [2.05, 4.69) is 30.3 Å². The Labute approximate surface area is 168 Å². The minimum absolute atomic E-state index is 0.0180. The number of piperidine rings is 1. The number of amides is 1. The van der Waals surface area contributed by atoms with Crippen molar-refractivity contribution in [3.8, 4) is 11.5 Å². The molecular weight excluding hydrogens is 372 g/mol. The van der Waals surface area contributed by atoms with E-state index in [1.54, 1.807) is 12.5 Å². The highest BCUT2D eigenvalue weighted by Crippen LogP contribution is 2.31. The molecule has 29 heavy (non-hydrogen) atoms. The Morgan fingerprint density at radius 1 is 1.38 bits per heavy atom. The Morgan fingerprint density at radius 2 is 2.28 bits per heavy atom. The van der Waals surface area contributed by atoms with Crippen LogP contribution in [0.25, 0.3) is 11.5 Å². The summed E-state index contributed by atoms with van der Waals surface area (Å²) in [5, 5.41) is 6.94. The van der Waals surface area contributed by atoms with Gasteiger partial charge < -0.3 is 19.2 Å². The molecule has 3 aromatic heterocycles. The third-order valence-corrected chi connectivity index (χ3v) is 5.01. The Hall–Kier alpha value is -3.23. The third-order valence-electron chi connectivity index (χ3n) is 5.01. The quantitative estimate of drug-likeness (QED) is 0.677. The molecule has 1 fully saturated rings. The molecular formula is C20H24N6O3. The Morgan fingerprint density at radius 3 is 3.03 bits per heavy atom. The summed E-state index contributed by atoms with van der Waals surface area (Å²) in [4.78, 5) is 28.1. The Kier molecular flexibility index (Phi) is 5.55. The average Bonchev–Trinajstić information content (AvgIpc) is 3.44. The maximum absolute atomic E-state index is 12.7. The summed E-state index contributed by atoms with van der Waals surface area (Å²) >= 11 is 0. The molecule has 1 saturated heterocycles. The molecule has 0 aliphatic carbocycles. The zero-order valence-corrected chi connectivity index (χ0v) is 16.6. The van der Waals surface area contributed by atoms with Crippen LogP contribution in [0.1, 0.15) is 37.2 Å². The lowest BCUT2D eigenvalue weighted by Crippen LogP contribution is -2.43. The third kappa shape index (κ3) is 4.28. The normalized spacial score (nSPS) is 16.8. The van der Waals surface area contributed by atoms with E-state index in [9.17, 15) is 4.79 Å². The van der Waals surface area contributed by atoms with Gasteiger partial charge >= 0.3 is 0 Å². The number of aryl methyl sites for hydroxylation is 2. The second-order valence-electron chi connectivity index (χ2n) is 7.11. The number of carbonyl (C=O) groups is 1. The van der Waals surface area contributed by atoms with E-state index in [1.165, 1.54) is 0 Å². The zero-order valence-electron chi connectivity index (χ0n) is 16.6. The van der Waals surface area contributed by atoms with Crippen LogP contribution in [0, 0.1) is 12.8 Å². The Balaban J connectivity index is 1.51. The molecule has 1 N–H and O–H groups in total. The standard InChI is InChI=1S/C20H24N6O3/c1-3-17-24-20(29-25-17)16-11-21-13(2)23-18(16)26-8-4-6-14(12-26)19(27)22-10-15-7-5-9-28-15/h5,7,9,11,14H,3-4,6,8,10,12H2,1-2H3,(H,22,27). The van der Waals surface area contributed by atoms with Crippen LogP contribution < -0.4 is 10.2 Å². The number of hydrogen-bond donors (Lipinski definition) is 1. The fourth-order valence-corrected chi connectivity index (χ4v) is 3.47. The topological polar surface area (TPSA) is 110 Å². The van der Waals surface area contributed by atoms with Crippen molar-refractivity contribution in [3.05, 3.63) is 42.0 Å². The molecule has 152 valence electrons. The van der Waals surface area contributed by atoms with Gasteiger partial charge in [-0.2, -0.15) is 4.98 Å². The molecule has 1 atom stereocenters. The van der Waals surface area contributed by atoms with Gasteiger partial charge in [0.05, 0.1) is 18.7 Å². The molecule has 0 aromatic carbocycles. The highest BCUT2D eigenvalue weighted by molar-refractivity contribution is 5.80. The number of nitrogens with zero attached hydrogens (tertiary/aromatic N) is 5. The van der Waals surface area contributed by atoms with Crippen LogP contribution >= 0.6 is 0 Å². The number of aromatic nitrogens is 4. The van der Waals surface area contributed by atoms with Crippen LogP contribution in [-0.2, 0) is 17.8 Å². The van der Waals surface area contributed by atoms with Gasteiger partial charge in [0.25, 0.3) is 5.89 Å². The van der Waals surface area contributed by atoms with E-state index in [1.807, 2.05) is 26.0 Å². The fourth-order valence-electron chi connectivity index (χ4n) is 3.47. The van der Waals surface area contributed by atoms with Gasteiger partial charge in [-0.25, -0.2) is 9.97 Å². The number of anilines is 1. The van der Waals surface area contributed by atoms with Gasteiger partial charge in [-0.3, -0.25) is 4.79 Å². The lowest BCUT2D eigenvalue weighted by Gasteiger charge is -2.33. The monoisotopic (exact) mass is 396 g/mol. The van der Waals surface area contributed by atoms with E-state index in [0.29, 0.717) is 42.6 Å². The van der Waals surface area contributed by atoms with Crippen molar-refractivity contribution in [2.45, 2.75) is 39.7 Å². The van der Waals surface area contributed by atoms with Gasteiger partial charge in [-0.15, -0.1) is 0 Å². The first-order chi connectivity index (χ1) is 14.1. The summed E-state index contributed by atoms with van der Waals surface area (Å²) in [6.45, 7) is 5.58. The van der Waals surface area contributed by atoms with E-state index >= 15 is 0 Å². The van der Waals surface area contributed by atoms with Crippen LogP contribution in [0.5, 0.6) is 0 Å². The van der Waals surface area contributed by atoms with E-state index in [4.69, 9.17) is 8.94 Å². The smallest absolute Gasteiger partial charge is 0.263 e. The predicted molar refractivity (Wildman–Crippen MR) is 105 cm³/mol. The minimum Gasteiger partial charge on any atom is -0.467 e. The maximum Gasteiger partial charge on any atom is 0.263 e. The first-order valence-electron chi connectivity index (χ1n) is 9.85. The lowest BCUT2D eigenvalue weighted by molar-refractivity contribution is -0.125. The number of furan rings is 1. The molecule has 1 amide bonds. The van der Waals surface area contributed by atoms with Crippen molar-refractivity contribution in [2.75, 3.05) is 18.0 Å². The number of nitrogens with one attached hydrogen (secondary N) is 1. The molecule has 9 nitrogen and oxygen atoms in total. The molecule has 3 aromatic rings. The van der Waals surface area contributed by atoms with Gasteiger partial charge in [-0.1, -0.05) is 12.1 Å². The van der Waals surface area contributed by atoms with Crippen molar-refractivity contribution in [3.63, 3.8) is 0 Å². The largest absolute Gasteiger partial charge is 0.467 e. The lowest BCUT2D eigenvalue weighted by atomic mass is 9.96. The minimum atomic E-state index is -0.129. The van der Waals surface area contributed by atoms with Crippen LogP contribution in [0.3, 0.4) is 0 Å². The molecule has 1 unspecified atom stereocenters. The van der Waals surface area contributed by atoms with Crippen molar-refractivity contribution in [1.29, 1.82) is 0 Å².